The Balaban J connectivity index is 4.36. The lowest BCUT2D eigenvalue weighted by Crippen LogP contribution is -2.47. The van der Waals surface area contributed by atoms with Crippen molar-refractivity contribution < 1.29 is 27.5 Å². The highest BCUT2D eigenvalue weighted by Crippen LogP contribution is 1.91. The summed E-state index contributed by atoms with van der Waals surface area (Å²) in [4.78, 5) is 21.7. The van der Waals surface area contributed by atoms with Gasteiger partial charge in [0.15, 0.2) is 0 Å². The minimum absolute atomic E-state index is 0.134. The third kappa shape index (κ3) is 5.51. The zero-order valence-corrected chi connectivity index (χ0v) is 9.96. The molecule has 0 radical (unpaired) electrons. The van der Waals surface area contributed by atoms with Gasteiger partial charge in [0.2, 0.25) is 0 Å². The van der Waals surface area contributed by atoms with Gasteiger partial charge in [-0.15, -0.1) is 0 Å². The third-order valence-corrected chi connectivity index (χ3v) is 2.47. The molecular formula is C7H14N2O6S. The fourth-order valence-corrected chi connectivity index (χ4v) is 1.65. The molecule has 0 spiro atoms. The van der Waals surface area contributed by atoms with E-state index in [9.17, 15) is 18.0 Å². The number of rotatable bonds is 5. The fourth-order valence-electron chi connectivity index (χ4n) is 0.729. The summed E-state index contributed by atoms with van der Waals surface area (Å²) in [5, 5.41) is 0. The van der Waals surface area contributed by atoms with Crippen LogP contribution in [-0.2, 0) is 24.5 Å². The molecule has 1 atom stereocenters. The molecule has 0 aliphatic carbocycles. The van der Waals surface area contributed by atoms with E-state index in [4.69, 9.17) is 0 Å². The fraction of sp³-hybridized carbons (Fsp3) is 0.714. The van der Waals surface area contributed by atoms with Gasteiger partial charge in [0.1, 0.15) is 6.04 Å². The van der Waals surface area contributed by atoms with Crippen molar-refractivity contribution in [2.75, 3.05) is 13.7 Å². The third-order valence-electron chi connectivity index (χ3n) is 1.38. The highest BCUT2D eigenvalue weighted by molar-refractivity contribution is 7.88. The first-order valence-corrected chi connectivity index (χ1v) is 5.85. The maximum absolute atomic E-state index is 11.2. The number of carbonyl (C=O) groups excluding carboxylic acids is 2. The Bertz CT molecular complexity index is 352. The Morgan fingerprint density at radius 1 is 1.38 bits per heavy atom. The molecule has 0 saturated heterocycles. The zero-order valence-electron chi connectivity index (χ0n) is 9.14. The molecule has 0 aromatic carbocycles. The lowest BCUT2D eigenvalue weighted by molar-refractivity contribution is -0.144. The van der Waals surface area contributed by atoms with E-state index in [-0.39, 0.29) is 6.61 Å². The molecule has 9 heteroatoms. The highest BCUT2D eigenvalue weighted by atomic mass is 32.2. The van der Waals surface area contributed by atoms with Crippen LogP contribution >= 0.6 is 0 Å². The van der Waals surface area contributed by atoms with E-state index in [0.717, 1.165) is 7.11 Å². The molecule has 1 amide bonds. The first kappa shape index (κ1) is 14.6. The molecule has 0 rings (SSSR count). The van der Waals surface area contributed by atoms with Crippen molar-refractivity contribution >= 4 is 22.3 Å². The number of nitrogens with one attached hydrogen (secondary N) is 2. The van der Waals surface area contributed by atoms with Crippen molar-refractivity contribution in [1.29, 1.82) is 0 Å². The summed E-state index contributed by atoms with van der Waals surface area (Å²) in [6.07, 6.45) is -1.15. The van der Waals surface area contributed by atoms with Gasteiger partial charge < -0.3 is 9.47 Å². The molecule has 1 unspecified atom stereocenters. The van der Waals surface area contributed by atoms with Crippen molar-refractivity contribution in [2.45, 2.75) is 19.9 Å². The van der Waals surface area contributed by atoms with Crippen molar-refractivity contribution in [3.8, 4) is 0 Å². The van der Waals surface area contributed by atoms with E-state index in [1.54, 1.807) is 6.92 Å². The van der Waals surface area contributed by atoms with Gasteiger partial charge in [-0.1, -0.05) is 0 Å². The van der Waals surface area contributed by atoms with Gasteiger partial charge in [-0.3, -0.25) is 4.79 Å². The van der Waals surface area contributed by atoms with Gasteiger partial charge in [0.25, 0.3) is 0 Å². The SMILES string of the molecule is CCOC(=O)C(C)NS(=O)(=O)NC(=O)OC. The van der Waals surface area contributed by atoms with E-state index in [1.807, 2.05) is 4.72 Å². The molecule has 0 heterocycles. The predicted molar refractivity (Wildman–Crippen MR) is 53.7 cm³/mol. The normalized spacial score (nSPS) is 12.7. The lowest BCUT2D eigenvalue weighted by Gasteiger charge is -2.12. The van der Waals surface area contributed by atoms with E-state index in [2.05, 4.69) is 9.47 Å². The van der Waals surface area contributed by atoms with E-state index >= 15 is 0 Å². The van der Waals surface area contributed by atoms with Gasteiger partial charge in [0.05, 0.1) is 13.7 Å². The maximum atomic E-state index is 11.2. The van der Waals surface area contributed by atoms with Crippen LogP contribution in [-0.4, -0.2) is 40.2 Å². The molecule has 8 nitrogen and oxygen atoms in total. The molecule has 0 fully saturated rings. The van der Waals surface area contributed by atoms with Gasteiger partial charge in [0, 0.05) is 0 Å². The summed E-state index contributed by atoms with van der Waals surface area (Å²) < 4.78 is 34.5. The monoisotopic (exact) mass is 254 g/mol. The average molecular weight is 254 g/mol. The Kier molecular flexibility index (Phi) is 5.75. The first-order chi connectivity index (χ1) is 7.32. The van der Waals surface area contributed by atoms with Crippen LogP contribution in [0.25, 0.3) is 0 Å². The summed E-state index contributed by atoms with van der Waals surface area (Å²) in [5.74, 6) is -0.738. The largest absolute Gasteiger partial charge is 0.465 e. The number of amides is 1. The second-order valence-electron chi connectivity index (χ2n) is 2.69. The van der Waals surface area contributed by atoms with Crippen molar-refractivity contribution in [2.24, 2.45) is 0 Å². The van der Waals surface area contributed by atoms with Crippen molar-refractivity contribution in [1.82, 2.24) is 9.44 Å². The number of carbonyl (C=O) groups is 2. The van der Waals surface area contributed by atoms with Gasteiger partial charge >= 0.3 is 22.3 Å². The lowest BCUT2D eigenvalue weighted by atomic mass is 10.4. The zero-order chi connectivity index (χ0) is 12.8. The quantitative estimate of drug-likeness (QED) is 0.617. The molecule has 0 aliphatic rings. The highest BCUT2D eigenvalue weighted by Gasteiger charge is 2.22. The molecule has 2 N–H and O–H groups in total. The second-order valence-corrected chi connectivity index (χ2v) is 4.14. The summed E-state index contributed by atoms with van der Waals surface area (Å²) in [5.41, 5.74) is 0. The van der Waals surface area contributed by atoms with Crippen molar-refractivity contribution in [3.05, 3.63) is 0 Å². The molecule has 0 aromatic rings. The number of hydrogen-bond donors (Lipinski definition) is 2. The van der Waals surface area contributed by atoms with Gasteiger partial charge in [-0.2, -0.15) is 13.1 Å². The van der Waals surface area contributed by atoms with Crippen LogP contribution in [0.2, 0.25) is 0 Å². The smallest absolute Gasteiger partial charge is 0.421 e. The van der Waals surface area contributed by atoms with Crippen LogP contribution in [0, 0.1) is 0 Å². The van der Waals surface area contributed by atoms with Crippen LogP contribution < -0.4 is 9.44 Å². The van der Waals surface area contributed by atoms with E-state index in [0.29, 0.717) is 0 Å². The van der Waals surface area contributed by atoms with Gasteiger partial charge in [-0.05, 0) is 13.8 Å². The molecule has 16 heavy (non-hydrogen) atoms. The second kappa shape index (κ2) is 6.28. The van der Waals surface area contributed by atoms with Crippen LogP contribution in [0.15, 0.2) is 0 Å². The Labute approximate surface area is 93.5 Å². The minimum Gasteiger partial charge on any atom is -0.465 e. The molecule has 94 valence electrons. The minimum atomic E-state index is -4.13. The molecule has 0 saturated carbocycles. The van der Waals surface area contributed by atoms with Crippen LogP contribution in [0.4, 0.5) is 4.79 Å². The molecule has 0 aliphatic heterocycles. The summed E-state index contributed by atoms with van der Waals surface area (Å²) in [6, 6.07) is -1.10. The summed E-state index contributed by atoms with van der Waals surface area (Å²) in [7, 11) is -3.12. The van der Waals surface area contributed by atoms with E-state index in [1.165, 1.54) is 11.6 Å². The topological polar surface area (TPSA) is 111 Å². The van der Waals surface area contributed by atoms with Crippen LogP contribution in [0.5, 0.6) is 0 Å². The number of hydrogen-bond acceptors (Lipinski definition) is 6. The molecular weight excluding hydrogens is 240 g/mol. The van der Waals surface area contributed by atoms with Crippen LogP contribution in [0.1, 0.15) is 13.8 Å². The van der Waals surface area contributed by atoms with Crippen LogP contribution in [0.3, 0.4) is 0 Å². The molecule has 0 aromatic heterocycles. The maximum Gasteiger partial charge on any atom is 0.421 e. The Hall–Kier alpha value is -1.35. The summed E-state index contributed by atoms with van der Waals surface area (Å²) >= 11 is 0. The van der Waals surface area contributed by atoms with Gasteiger partial charge in [-0.25, -0.2) is 9.52 Å². The summed E-state index contributed by atoms with van der Waals surface area (Å²) in [6.45, 7) is 3.01. The standard InChI is InChI=1S/C7H14N2O6S/c1-4-15-6(10)5(2)8-16(12,13)9-7(11)14-3/h5,8H,4H2,1-3H3,(H,9,11). The Morgan fingerprint density at radius 2 is 1.94 bits per heavy atom. The number of methoxy groups -OCH3 is 1. The first-order valence-electron chi connectivity index (χ1n) is 4.37. The Morgan fingerprint density at radius 3 is 2.38 bits per heavy atom. The number of esters is 1. The van der Waals surface area contributed by atoms with E-state index < -0.39 is 28.3 Å². The van der Waals surface area contributed by atoms with Crippen molar-refractivity contribution in [3.63, 3.8) is 0 Å². The number of ether oxygens (including phenoxy) is 2. The predicted octanol–water partition coefficient (Wildman–Crippen LogP) is -0.872. The average Bonchev–Trinajstić information content (AvgIpc) is 2.16. The molecule has 0 bridgehead atoms.